The second-order valence-corrected chi connectivity index (χ2v) is 5.34. The summed E-state index contributed by atoms with van der Waals surface area (Å²) in [6.45, 7) is 2.31. The lowest BCUT2D eigenvalue weighted by Crippen LogP contribution is -3.20. The normalized spacial score (nSPS) is 31.2. The summed E-state index contributed by atoms with van der Waals surface area (Å²) in [7, 11) is 0. The van der Waals surface area contributed by atoms with Crippen LogP contribution in [-0.4, -0.2) is 35.2 Å². The highest BCUT2D eigenvalue weighted by atomic mass is 35.5. The molecule has 3 aliphatic heterocycles. The van der Waals surface area contributed by atoms with Crippen molar-refractivity contribution >= 4 is 5.71 Å². The molecule has 1 aromatic rings. The van der Waals surface area contributed by atoms with Crippen molar-refractivity contribution in [1.29, 1.82) is 0 Å². The Morgan fingerprint density at radius 1 is 1.21 bits per heavy atom. The average molecular weight is 283 g/mol. The Balaban J connectivity index is 0.00000133. The van der Waals surface area contributed by atoms with Gasteiger partial charge in [-0.15, -0.1) is 0 Å². The minimum Gasteiger partial charge on any atom is -1.00 e. The number of fused-ring (bicyclic) bond motifs is 3. The van der Waals surface area contributed by atoms with Gasteiger partial charge in [0, 0.05) is 30.7 Å². The number of nitrogens with zero attached hydrogens (tertiary/aromatic N) is 1. The van der Waals surface area contributed by atoms with Crippen LogP contribution in [0.25, 0.3) is 0 Å². The molecule has 1 unspecified atom stereocenters. The fourth-order valence-corrected chi connectivity index (χ4v) is 3.43. The van der Waals surface area contributed by atoms with E-state index in [2.05, 4.69) is 5.16 Å². The third-order valence-electron chi connectivity index (χ3n) is 4.43. The third kappa shape index (κ3) is 2.55. The first kappa shape index (κ1) is 14.2. The Bertz CT molecular complexity index is 470. The molecular formula is C14H19ClN2O2. The SMILES string of the molecule is O/N=C1\C2CC[NH+](CC2)C1Cc1ccccc1O.[Cl-]. The topological polar surface area (TPSA) is 57.3 Å². The predicted molar refractivity (Wildman–Crippen MR) is 68.2 cm³/mol. The molecule has 4 rings (SSSR count). The second-order valence-electron chi connectivity index (χ2n) is 5.34. The number of aromatic hydroxyl groups is 1. The molecule has 104 valence electrons. The molecule has 3 aliphatic rings. The van der Waals surface area contributed by atoms with E-state index in [4.69, 9.17) is 0 Å². The van der Waals surface area contributed by atoms with E-state index in [0.29, 0.717) is 11.7 Å². The van der Waals surface area contributed by atoms with Gasteiger partial charge in [-0.3, -0.25) is 0 Å². The molecule has 3 saturated heterocycles. The zero-order chi connectivity index (χ0) is 12.5. The van der Waals surface area contributed by atoms with Gasteiger partial charge in [-0.25, -0.2) is 0 Å². The summed E-state index contributed by atoms with van der Waals surface area (Å²) < 4.78 is 0. The summed E-state index contributed by atoms with van der Waals surface area (Å²) in [4.78, 5) is 1.49. The van der Waals surface area contributed by atoms with Crippen LogP contribution in [0.3, 0.4) is 0 Å². The van der Waals surface area contributed by atoms with E-state index in [1.807, 2.05) is 18.2 Å². The molecule has 5 heteroatoms. The van der Waals surface area contributed by atoms with E-state index in [1.165, 1.54) is 4.90 Å². The van der Waals surface area contributed by atoms with Crippen LogP contribution in [0.1, 0.15) is 18.4 Å². The van der Waals surface area contributed by atoms with Crippen molar-refractivity contribution in [2.45, 2.75) is 25.3 Å². The first-order chi connectivity index (χ1) is 8.79. The molecule has 3 fully saturated rings. The maximum Gasteiger partial charge on any atom is 0.134 e. The number of hydrogen-bond donors (Lipinski definition) is 3. The Labute approximate surface area is 119 Å². The number of phenolic OH excluding ortho intramolecular Hbond substituents is 1. The van der Waals surface area contributed by atoms with Crippen molar-refractivity contribution in [2.75, 3.05) is 13.1 Å². The van der Waals surface area contributed by atoms with Crippen LogP contribution in [0.15, 0.2) is 29.4 Å². The number of halogens is 1. The van der Waals surface area contributed by atoms with Gasteiger partial charge in [0.15, 0.2) is 0 Å². The summed E-state index contributed by atoms with van der Waals surface area (Å²) >= 11 is 0. The molecule has 0 aromatic heterocycles. The van der Waals surface area contributed by atoms with Crippen LogP contribution >= 0.6 is 0 Å². The maximum atomic E-state index is 9.86. The average Bonchev–Trinajstić information content (AvgIpc) is 2.42. The molecular weight excluding hydrogens is 264 g/mol. The molecule has 0 amide bonds. The van der Waals surface area contributed by atoms with E-state index < -0.39 is 0 Å². The number of quaternary nitrogens is 1. The molecule has 0 aliphatic carbocycles. The molecule has 4 nitrogen and oxygen atoms in total. The van der Waals surface area contributed by atoms with E-state index in [9.17, 15) is 10.3 Å². The van der Waals surface area contributed by atoms with Crippen LogP contribution in [0.4, 0.5) is 0 Å². The number of oxime groups is 1. The highest BCUT2D eigenvalue weighted by molar-refractivity contribution is 5.91. The molecule has 3 N–H and O–H groups in total. The van der Waals surface area contributed by atoms with Gasteiger partial charge in [-0.2, -0.15) is 0 Å². The van der Waals surface area contributed by atoms with E-state index in [-0.39, 0.29) is 18.4 Å². The third-order valence-corrected chi connectivity index (χ3v) is 4.43. The number of rotatable bonds is 2. The van der Waals surface area contributed by atoms with E-state index in [1.54, 1.807) is 6.07 Å². The first-order valence-electron chi connectivity index (χ1n) is 6.63. The van der Waals surface area contributed by atoms with Crippen molar-refractivity contribution in [2.24, 2.45) is 11.1 Å². The van der Waals surface area contributed by atoms with Crippen LogP contribution in [0, 0.1) is 5.92 Å². The van der Waals surface area contributed by atoms with Gasteiger partial charge in [0.1, 0.15) is 17.5 Å². The Morgan fingerprint density at radius 2 is 1.89 bits per heavy atom. The van der Waals surface area contributed by atoms with Gasteiger partial charge in [0.2, 0.25) is 0 Å². The van der Waals surface area contributed by atoms with Crippen LogP contribution in [-0.2, 0) is 6.42 Å². The maximum absolute atomic E-state index is 9.86. The highest BCUT2D eigenvalue weighted by Gasteiger charge is 2.43. The fraction of sp³-hybridized carbons (Fsp3) is 0.500. The number of benzene rings is 1. The predicted octanol–water partition coefficient (Wildman–Crippen LogP) is -2.55. The summed E-state index contributed by atoms with van der Waals surface area (Å²) in [6.07, 6.45) is 3.02. The van der Waals surface area contributed by atoms with Crippen molar-refractivity contribution in [3.63, 3.8) is 0 Å². The molecule has 0 radical (unpaired) electrons. The second kappa shape index (κ2) is 5.80. The van der Waals surface area contributed by atoms with Crippen molar-refractivity contribution in [3.05, 3.63) is 29.8 Å². The summed E-state index contributed by atoms with van der Waals surface area (Å²) in [5, 5.41) is 22.7. The van der Waals surface area contributed by atoms with Gasteiger partial charge >= 0.3 is 0 Å². The van der Waals surface area contributed by atoms with Crippen molar-refractivity contribution in [3.8, 4) is 5.75 Å². The molecule has 19 heavy (non-hydrogen) atoms. The van der Waals surface area contributed by atoms with E-state index in [0.717, 1.165) is 43.6 Å². The quantitative estimate of drug-likeness (QED) is 0.413. The zero-order valence-electron chi connectivity index (χ0n) is 10.7. The minimum atomic E-state index is 0. The summed E-state index contributed by atoms with van der Waals surface area (Å²) in [6, 6.07) is 7.68. The molecule has 3 heterocycles. The fourth-order valence-electron chi connectivity index (χ4n) is 3.43. The lowest BCUT2D eigenvalue weighted by molar-refractivity contribution is -0.926. The molecule has 1 aromatic carbocycles. The number of para-hydroxylation sites is 1. The number of hydrogen-bond acceptors (Lipinski definition) is 3. The van der Waals surface area contributed by atoms with E-state index >= 15 is 0 Å². The lowest BCUT2D eigenvalue weighted by Gasteiger charge is -2.42. The van der Waals surface area contributed by atoms with Gasteiger partial charge in [-0.05, 0) is 6.07 Å². The molecule has 1 atom stereocenters. The minimum absolute atomic E-state index is 0. The largest absolute Gasteiger partial charge is 1.00 e. The van der Waals surface area contributed by atoms with Gasteiger partial charge in [-0.1, -0.05) is 23.4 Å². The molecule has 2 bridgehead atoms. The molecule has 0 saturated carbocycles. The number of nitrogens with one attached hydrogen (secondary N) is 1. The molecule has 0 spiro atoms. The summed E-state index contributed by atoms with van der Waals surface area (Å²) in [5.41, 5.74) is 1.88. The van der Waals surface area contributed by atoms with Crippen molar-refractivity contribution in [1.82, 2.24) is 0 Å². The first-order valence-corrected chi connectivity index (χ1v) is 6.63. The highest BCUT2D eigenvalue weighted by Crippen LogP contribution is 2.24. The van der Waals surface area contributed by atoms with Gasteiger partial charge < -0.3 is 27.6 Å². The van der Waals surface area contributed by atoms with Crippen LogP contribution in [0.5, 0.6) is 5.75 Å². The summed E-state index contributed by atoms with van der Waals surface area (Å²) in [5.74, 6) is 0.792. The monoisotopic (exact) mass is 282 g/mol. The number of phenols is 1. The lowest BCUT2D eigenvalue weighted by atomic mass is 9.79. The Kier molecular flexibility index (Phi) is 4.32. The zero-order valence-corrected chi connectivity index (χ0v) is 11.5. The van der Waals surface area contributed by atoms with Gasteiger partial charge in [0.25, 0.3) is 0 Å². The Morgan fingerprint density at radius 3 is 2.53 bits per heavy atom. The van der Waals surface area contributed by atoms with Crippen LogP contribution in [0.2, 0.25) is 0 Å². The van der Waals surface area contributed by atoms with Crippen molar-refractivity contribution < 1.29 is 27.6 Å². The van der Waals surface area contributed by atoms with Gasteiger partial charge in [0.05, 0.1) is 13.1 Å². The smallest absolute Gasteiger partial charge is 0.134 e. The number of piperidine rings is 3. The Hall–Kier alpha value is -1.26. The standard InChI is InChI=1S/C14H18N2O2.ClH/c17-13-4-2-1-3-11(13)9-12-14(15-18)10-5-7-16(12)8-6-10;/h1-4,10,12,17-18H,5-9H2;1H/b15-14+;. The van der Waals surface area contributed by atoms with Crippen LogP contribution < -0.4 is 17.3 Å².